The monoisotopic (exact) mass is 265 g/mol. The lowest BCUT2D eigenvalue weighted by atomic mass is 9.88. The Labute approximate surface area is 117 Å². The van der Waals surface area contributed by atoms with E-state index in [1.807, 2.05) is 51.1 Å². The van der Waals surface area contributed by atoms with Crippen LogP contribution in [0.25, 0.3) is 0 Å². The van der Waals surface area contributed by atoms with Gasteiger partial charge in [0.25, 0.3) is 0 Å². The van der Waals surface area contributed by atoms with Crippen molar-refractivity contribution in [2.24, 2.45) is 5.41 Å². The number of alkyl carbamates (subject to hydrolysis) is 1. The molecule has 1 unspecified atom stereocenters. The van der Waals surface area contributed by atoms with Crippen molar-refractivity contribution in [2.45, 2.75) is 54.2 Å². The molecule has 0 fully saturated rings. The maximum Gasteiger partial charge on any atom is 0.407 e. The van der Waals surface area contributed by atoms with E-state index in [0.717, 1.165) is 5.56 Å². The number of rotatable bonds is 3. The van der Waals surface area contributed by atoms with E-state index in [1.165, 1.54) is 0 Å². The van der Waals surface area contributed by atoms with E-state index in [0.29, 0.717) is 6.61 Å². The molecule has 0 saturated carbocycles. The predicted molar refractivity (Wildman–Crippen MR) is 80.0 cm³/mol. The number of ether oxygens (including phenoxy) is 1. The van der Waals surface area contributed by atoms with Crippen LogP contribution in [0.3, 0.4) is 0 Å². The smallest absolute Gasteiger partial charge is 0.407 e. The van der Waals surface area contributed by atoms with Gasteiger partial charge in [-0.3, -0.25) is 0 Å². The number of benzene rings is 1. The van der Waals surface area contributed by atoms with Gasteiger partial charge in [-0.25, -0.2) is 4.79 Å². The summed E-state index contributed by atoms with van der Waals surface area (Å²) in [5.41, 5.74) is 1.03. The van der Waals surface area contributed by atoms with Gasteiger partial charge in [0.2, 0.25) is 0 Å². The summed E-state index contributed by atoms with van der Waals surface area (Å²) in [6, 6.07) is 9.72. The van der Waals surface area contributed by atoms with Crippen LogP contribution in [0.2, 0.25) is 0 Å². The molecule has 1 rings (SSSR count). The maximum atomic E-state index is 11.5. The number of hydrogen-bond acceptors (Lipinski definition) is 2. The number of hydrogen-bond donors (Lipinski definition) is 1. The molecule has 0 aliphatic rings. The van der Waals surface area contributed by atoms with Gasteiger partial charge in [-0.2, -0.15) is 0 Å². The van der Waals surface area contributed by atoms with Gasteiger partial charge >= 0.3 is 6.09 Å². The Bertz CT molecular complexity index is 355. The van der Waals surface area contributed by atoms with Gasteiger partial charge < -0.3 is 10.1 Å². The van der Waals surface area contributed by atoms with Crippen LogP contribution in [0.1, 0.15) is 47.1 Å². The van der Waals surface area contributed by atoms with Gasteiger partial charge in [-0.05, 0) is 17.9 Å². The molecule has 1 atom stereocenters. The van der Waals surface area contributed by atoms with Gasteiger partial charge in [0.05, 0.1) is 0 Å². The summed E-state index contributed by atoms with van der Waals surface area (Å²) >= 11 is 0. The van der Waals surface area contributed by atoms with Crippen LogP contribution in [0.4, 0.5) is 4.79 Å². The Hall–Kier alpha value is -1.51. The van der Waals surface area contributed by atoms with Crippen molar-refractivity contribution in [2.75, 3.05) is 0 Å². The van der Waals surface area contributed by atoms with Crippen LogP contribution in [-0.4, -0.2) is 12.1 Å². The van der Waals surface area contributed by atoms with Crippen LogP contribution in [-0.2, 0) is 11.3 Å². The zero-order valence-electron chi connectivity index (χ0n) is 13.0. The van der Waals surface area contributed by atoms with Crippen molar-refractivity contribution in [1.29, 1.82) is 0 Å². The molecule has 0 heterocycles. The number of nitrogens with one attached hydrogen (secondary N) is 1. The molecule has 1 amide bonds. The summed E-state index contributed by atoms with van der Waals surface area (Å²) in [6.45, 7) is 12.5. The average Bonchev–Trinajstić information content (AvgIpc) is 2.39. The summed E-state index contributed by atoms with van der Waals surface area (Å²) in [5.74, 6) is 0. The fraction of sp³-hybridized carbons (Fsp3) is 0.562. The van der Waals surface area contributed by atoms with Crippen molar-refractivity contribution >= 4 is 6.09 Å². The molecule has 0 radical (unpaired) electrons. The molecule has 0 aromatic heterocycles. The molecule has 0 spiro atoms. The molecule has 0 bridgehead atoms. The fourth-order valence-electron chi connectivity index (χ4n) is 1.16. The van der Waals surface area contributed by atoms with Gasteiger partial charge in [0, 0.05) is 6.04 Å². The van der Waals surface area contributed by atoms with Gasteiger partial charge in [-0.15, -0.1) is 0 Å². The van der Waals surface area contributed by atoms with Crippen molar-refractivity contribution in [3.8, 4) is 0 Å². The van der Waals surface area contributed by atoms with Crippen molar-refractivity contribution < 1.29 is 9.53 Å². The van der Waals surface area contributed by atoms with E-state index in [1.54, 1.807) is 0 Å². The standard InChI is InChI=1S/C14H21NO2.C2H6/c1-11(14(2,3)4)15-13(16)17-10-12-8-6-5-7-9-12;1-2/h5-9,11H,10H2,1-4H3,(H,15,16);1-2H3. The third-order valence-electron chi connectivity index (χ3n) is 2.85. The second-order valence-corrected chi connectivity index (χ2v) is 5.29. The second kappa shape index (κ2) is 8.57. The van der Waals surface area contributed by atoms with Crippen molar-refractivity contribution in [1.82, 2.24) is 5.32 Å². The number of amides is 1. The Morgan fingerprint density at radius 3 is 2.21 bits per heavy atom. The fourth-order valence-corrected chi connectivity index (χ4v) is 1.16. The van der Waals surface area contributed by atoms with E-state index in [9.17, 15) is 4.79 Å². The molecule has 1 aromatic rings. The summed E-state index contributed by atoms with van der Waals surface area (Å²) in [7, 11) is 0. The highest BCUT2D eigenvalue weighted by Gasteiger charge is 2.22. The van der Waals surface area contributed by atoms with E-state index in [-0.39, 0.29) is 17.6 Å². The zero-order chi connectivity index (χ0) is 14.9. The van der Waals surface area contributed by atoms with Gasteiger partial charge in [0.1, 0.15) is 6.61 Å². The SMILES string of the molecule is CC.CC(NC(=O)OCc1ccccc1)C(C)(C)C. The molecule has 1 N–H and O–H groups in total. The Morgan fingerprint density at radius 2 is 1.74 bits per heavy atom. The minimum absolute atomic E-state index is 0.0335. The van der Waals surface area contributed by atoms with Crippen molar-refractivity contribution in [3.63, 3.8) is 0 Å². The second-order valence-electron chi connectivity index (χ2n) is 5.29. The maximum absolute atomic E-state index is 11.5. The molecule has 1 aromatic carbocycles. The Morgan fingerprint density at radius 1 is 1.21 bits per heavy atom. The van der Waals surface area contributed by atoms with Crippen LogP contribution >= 0.6 is 0 Å². The highest BCUT2D eigenvalue weighted by Crippen LogP contribution is 2.18. The largest absolute Gasteiger partial charge is 0.445 e. The zero-order valence-corrected chi connectivity index (χ0v) is 13.0. The molecule has 19 heavy (non-hydrogen) atoms. The molecule has 0 aliphatic heterocycles. The van der Waals surface area contributed by atoms with E-state index in [4.69, 9.17) is 4.74 Å². The molecule has 3 heteroatoms. The lowest BCUT2D eigenvalue weighted by molar-refractivity contribution is 0.128. The lowest BCUT2D eigenvalue weighted by Gasteiger charge is -2.27. The predicted octanol–water partition coefficient (Wildman–Crippen LogP) is 4.37. The molecule has 3 nitrogen and oxygen atoms in total. The van der Waals surface area contributed by atoms with Crippen molar-refractivity contribution in [3.05, 3.63) is 35.9 Å². The highest BCUT2D eigenvalue weighted by molar-refractivity contribution is 5.67. The molecule has 0 saturated heterocycles. The summed E-state index contributed by atoms with van der Waals surface area (Å²) < 4.78 is 5.14. The minimum Gasteiger partial charge on any atom is -0.445 e. The summed E-state index contributed by atoms with van der Waals surface area (Å²) in [5, 5.41) is 2.83. The van der Waals surface area contributed by atoms with Crippen LogP contribution in [0, 0.1) is 5.41 Å². The van der Waals surface area contributed by atoms with E-state index in [2.05, 4.69) is 26.1 Å². The molecule has 108 valence electrons. The first-order valence-electron chi connectivity index (χ1n) is 6.87. The first-order valence-corrected chi connectivity index (χ1v) is 6.87. The molecular weight excluding hydrogens is 238 g/mol. The minimum atomic E-state index is -0.365. The number of carbonyl (C=O) groups is 1. The Kier molecular flexibility index (Phi) is 7.89. The first-order chi connectivity index (χ1) is 8.89. The quantitative estimate of drug-likeness (QED) is 0.881. The van der Waals surface area contributed by atoms with Crippen LogP contribution in [0.5, 0.6) is 0 Å². The normalized spacial score (nSPS) is 11.9. The third-order valence-corrected chi connectivity index (χ3v) is 2.85. The number of carbonyl (C=O) groups excluding carboxylic acids is 1. The topological polar surface area (TPSA) is 38.3 Å². The Balaban J connectivity index is 0.00000154. The third kappa shape index (κ3) is 7.50. The molecule has 0 aliphatic carbocycles. The molecular formula is C16H27NO2. The van der Waals surface area contributed by atoms with E-state index >= 15 is 0 Å². The van der Waals surface area contributed by atoms with E-state index < -0.39 is 0 Å². The highest BCUT2D eigenvalue weighted by atomic mass is 16.5. The van der Waals surface area contributed by atoms with Crippen LogP contribution < -0.4 is 5.32 Å². The summed E-state index contributed by atoms with van der Waals surface area (Å²) in [6.07, 6.45) is -0.365. The first kappa shape index (κ1) is 17.5. The van der Waals surface area contributed by atoms with Crippen LogP contribution in [0.15, 0.2) is 30.3 Å². The average molecular weight is 265 g/mol. The summed E-state index contributed by atoms with van der Waals surface area (Å²) in [4.78, 5) is 11.5. The van der Waals surface area contributed by atoms with Gasteiger partial charge in [-0.1, -0.05) is 65.0 Å². The lowest BCUT2D eigenvalue weighted by Crippen LogP contribution is -2.41. The van der Waals surface area contributed by atoms with Gasteiger partial charge in [0.15, 0.2) is 0 Å².